The van der Waals surface area contributed by atoms with E-state index in [0.717, 1.165) is 44.9 Å². The maximum absolute atomic E-state index is 12.2. The summed E-state index contributed by atoms with van der Waals surface area (Å²) in [6, 6.07) is 0. The minimum atomic E-state index is -2.28. The van der Waals surface area contributed by atoms with Crippen molar-refractivity contribution in [2.75, 3.05) is 19.8 Å². The van der Waals surface area contributed by atoms with Crippen LogP contribution in [-0.2, 0) is 23.7 Å². The molecule has 252 valence electrons. The maximum atomic E-state index is 12.2. The van der Waals surface area contributed by atoms with Crippen LogP contribution in [0.1, 0.15) is 90.4 Å². The average molecular weight is 623 g/mol. The molecule has 0 unspecified atom stereocenters. The van der Waals surface area contributed by atoms with Crippen molar-refractivity contribution in [1.82, 2.24) is 0 Å². The lowest BCUT2D eigenvalue weighted by atomic mass is 9.99. The highest BCUT2D eigenvalue weighted by Gasteiger charge is 2.58. The molecular weight excluding hydrogens is 568 g/mol. The van der Waals surface area contributed by atoms with Crippen LogP contribution in [0.15, 0.2) is 12.2 Å². The molecule has 0 aliphatic carbocycles. The smallest absolute Gasteiger partial charge is 0.305 e. The monoisotopic (exact) mass is 622 g/mol. The van der Waals surface area contributed by atoms with Gasteiger partial charge in [0.2, 0.25) is 5.79 Å². The number of allylic oxidation sites excluding steroid dienone is 1. The van der Waals surface area contributed by atoms with Crippen molar-refractivity contribution in [3.05, 3.63) is 12.2 Å². The van der Waals surface area contributed by atoms with E-state index in [1.54, 1.807) is 0 Å². The highest BCUT2D eigenvalue weighted by molar-refractivity contribution is 5.69. The van der Waals surface area contributed by atoms with Gasteiger partial charge in [-0.25, -0.2) is 0 Å². The standard InChI is InChI=1S/C30H54O13/c1-2-3-4-11-14-20(33)15-12-9-7-5-6-8-10-13-16-23(34)40-18-22-24(35)26(37)27(38)29(41-22)43-30(19-32)28(39)25(36)21(17-31)42-30/h9,12,20-22,24-29,31-33,35-39H,2-8,10-11,13-19H2,1H3/b12-9-/t20-,21-,22-,24-,25-,26+,27-,28+,29-,30+/m1/s1. The van der Waals surface area contributed by atoms with E-state index in [-0.39, 0.29) is 12.5 Å². The second-order valence-corrected chi connectivity index (χ2v) is 11.6. The van der Waals surface area contributed by atoms with Crippen LogP contribution >= 0.6 is 0 Å². The van der Waals surface area contributed by atoms with Gasteiger partial charge in [-0.3, -0.25) is 4.79 Å². The summed E-state index contributed by atoms with van der Waals surface area (Å²) in [5.41, 5.74) is 0. The number of aliphatic hydroxyl groups is 8. The number of hydrogen-bond acceptors (Lipinski definition) is 13. The molecule has 13 heteroatoms. The van der Waals surface area contributed by atoms with E-state index in [2.05, 4.69) is 19.1 Å². The Bertz CT molecular complexity index is 798. The molecular formula is C30H54O13. The predicted octanol–water partition coefficient (Wildman–Crippen LogP) is 0.164. The number of aliphatic hydroxyl groups excluding tert-OH is 8. The molecule has 13 nitrogen and oxygen atoms in total. The second kappa shape index (κ2) is 20.0. The molecule has 0 saturated carbocycles. The largest absolute Gasteiger partial charge is 0.463 e. The van der Waals surface area contributed by atoms with Crippen molar-refractivity contribution < 1.29 is 64.6 Å². The van der Waals surface area contributed by atoms with Crippen LogP contribution in [0.25, 0.3) is 0 Å². The van der Waals surface area contributed by atoms with Gasteiger partial charge in [0.15, 0.2) is 6.29 Å². The first-order chi connectivity index (χ1) is 20.6. The zero-order valence-corrected chi connectivity index (χ0v) is 25.3. The number of carbonyl (C=O) groups excluding carboxylic acids is 1. The van der Waals surface area contributed by atoms with Gasteiger partial charge in [0.25, 0.3) is 0 Å². The summed E-state index contributed by atoms with van der Waals surface area (Å²) < 4.78 is 21.4. The van der Waals surface area contributed by atoms with Crippen LogP contribution in [0, 0.1) is 0 Å². The van der Waals surface area contributed by atoms with Crippen LogP contribution in [0.4, 0.5) is 0 Å². The molecule has 2 aliphatic rings. The zero-order valence-electron chi connectivity index (χ0n) is 25.3. The fourth-order valence-corrected chi connectivity index (χ4v) is 5.22. The zero-order chi connectivity index (χ0) is 31.8. The van der Waals surface area contributed by atoms with Crippen molar-refractivity contribution in [2.45, 2.75) is 151 Å². The molecule has 0 aromatic rings. The number of unbranched alkanes of at least 4 members (excludes halogenated alkanes) is 8. The first kappa shape index (κ1) is 38.0. The molecule has 2 fully saturated rings. The fraction of sp³-hybridized carbons (Fsp3) is 0.900. The lowest BCUT2D eigenvalue weighted by Crippen LogP contribution is -2.62. The first-order valence-electron chi connectivity index (χ1n) is 15.7. The average Bonchev–Trinajstić information content (AvgIpc) is 3.24. The van der Waals surface area contributed by atoms with Crippen LogP contribution in [0.5, 0.6) is 0 Å². The predicted molar refractivity (Wildman–Crippen MR) is 153 cm³/mol. The van der Waals surface area contributed by atoms with Gasteiger partial charge in [-0.2, -0.15) is 0 Å². The molecule has 0 radical (unpaired) electrons. The highest BCUT2D eigenvalue weighted by atomic mass is 16.8. The van der Waals surface area contributed by atoms with Crippen molar-refractivity contribution in [1.29, 1.82) is 0 Å². The summed E-state index contributed by atoms with van der Waals surface area (Å²) in [4.78, 5) is 12.2. The topological polar surface area (TPSA) is 216 Å². The Balaban J connectivity index is 1.64. The summed E-state index contributed by atoms with van der Waals surface area (Å²) in [5, 5.41) is 80.4. The van der Waals surface area contributed by atoms with Gasteiger partial charge in [0.05, 0.1) is 12.7 Å². The summed E-state index contributed by atoms with van der Waals surface area (Å²) in [5.74, 6) is -2.81. The van der Waals surface area contributed by atoms with Gasteiger partial charge in [0.1, 0.15) is 55.9 Å². The van der Waals surface area contributed by atoms with Gasteiger partial charge in [0, 0.05) is 6.42 Å². The Morgan fingerprint density at radius 3 is 2.23 bits per heavy atom. The summed E-state index contributed by atoms with van der Waals surface area (Å²) in [7, 11) is 0. The van der Waals surface area contributed by atoms with Gasteiger partial charge in [-0.15, -0.1) is 0 Å². The van der Waals surface area contributed by atoms with Gasteiger partial charge >= 0.3 is 5.97 Å². The molecule has 10 atom stereocenters. The summed E-state index contributed by atoms with van der Waals surface area (Å²) >= 11 is 0. The van der Waals surface area contributed by atoms with Gasteiger partial charge in [-0.05, 0) is 32.1 Å². The second-order valence-electron chi connectivity index (χ2n) is 11.6. The third-order valence-corrected chi connectivity index (χ3v) is 8.02. The molecule has 2 heterocycles. The minimum Gasteiger partial charge on any atom is -0.463 e. The Hall–Kier alpha value is -1.23. The van der Waals surface area contributed by atoms with Gasteiger partial charge < -0.3 is 59.8 Å². The number of carbonyl (C=O) groups is 1. The van der Waals surface area contributed by atoms with Crippen LogP contribution < -0.4 is 0 Å². The van der Waals surface area contributed by atoms with E-state index in [9.17, 15) is 45.6 Å². The van der Waals surface area contributed by atoms with Crippen molar-refractivity contribution in [3.8, 4) is 0 Å². The number of rotatable bonds is 21. The van der Waals surface area contributed by atoms with E-state index in [4.69, 9.17) is 18.9 Å². The number of hydrogen-bond donors (Lipinski definition) is 8. The molecule has 0 amide bonds. The molecule has 43 heavy (non-hydrogen) atoms. The van der Waals surface area contributed by atoms with Crippen molar-refractivity contribution in [3.63, 3.8) is 0 Å². The van der Waals surface area contributed by atoms with Gasteiger partial charge in [-0.1, -0.05) is 64.0 Å². The third-order valence-electron chi connectivity index (χ3n) is 8.02. The van der Waals surface area contributed by atoms with Crippen LogP contribution in [-0.4, -0.2) is 128 Å². The van der Waals surface area contributed by atoms with E-state index in [1.165, 1.54) is 19.3 Å². The lowest BCUT2D eigenvalue weighted by molar-refractivity contribution is -0.383. The van der Waals surface area contributed by atoms with Crippen LogP contribution in [0.3, 0.4) is 0 Å². The normalized spacial score (nSPS) is 33.7. The quantitative estimate of drug-likeness (QED) is 0.0487. The van der Waals surface area contributed by atoms with E-state index < -0.39 is 80.6 Å². The SMILES string of the molecule is CCCCCC[C@@H](O)C/C=C\CCCCCCCC(=O)OC[C@H]1O[C@H](O[C@]2(CO)O[C@H](CO)[C@@H](O)[C@@H]2O)[C@H](O)[C@@H](O)[C@@H]1O. The summed E-state index contributed by atoms with van der Waals surface area (Å²) in [6.45, 7) is 0.0247. The Morgan fingerprint density at radius 1 is 0.860 bits per heavy atom. The molecule has 2 aliphatic heterocycles. The van der Waals surface area contributed by atoms with Crippen LogP contribution in [0.2, 0.25) is 0 Å². The fourth-order valence-electron chi connectivity index (χ4n) is 5.22. The molecule has 0 spiro atoms. The molecule has 2 rings (SSSR count). The van der Waals surface area contributed by atoms with Crippen molar-refractivity contribution >= 4 is 5.97 Å². The minimum absolute atomic E-state index is 0.151. The lowest BCUT2D eigenvalue weighted by Gasteiger charge is -2.43. The van der Waals surface area contributed by atoms with E-state index in [0.29, 0.717) is 12.8 Å². The number of esters is 1. The van der Waals surface area contributed by atoms with Crippen molar-refractivity contribution in [2.24, 2.45) is 0 Å². The highest BCUT2D eigenvalue weighted by Crippen LogP contribution is 2.36. The third kappa shape index (κ3) is 11.9. The Kier molecular flexibility index (Phi) is 17.7. The van der Waals surface area contributed by atoms with E-state index in [1.807, 2.05) is 0 Å². The molecule has 0 bridgehead atoms. The Morgan fingerprint density at radius 2 is 1.56 bits per heavy atom. The Labute approximate surface area is 254 Å². The first-order valence-corrected chi connectivity index (χ1v) is 15.7. The molecule has 2 saturated heterocycles. The molecule has 8 N–H and O–H groups in total. The summed E-state index contributed by atoms with van der Waals surface area (Å²) in [6.07, 6.45) is 2.61. The molecule has 0 aromatic carbocycles. The molecule has 0 aromatic heterocycles. The van der Waals surface area contributed by atoms with E-state index >= 15 is 0 Å². The number of ether oxygens (including phenoxy) is 4. The maximum Gasteiger partial charge on any atom is 0.305 e.